The molecule has 2 aromatic rings. The number of hydrogen-bond donors (Lipinski definition) is 1. The first-order valence-corrected chi connectivity index (χ1v) is 6.08. The van der Waals surface area contributed by atoms with Gasteiger partial charge in [0.2, 0.25) is 5.82 Å². The van der Waals surface area contributed by atoms with Gasteiger partial charge in [-0.05, 0) is 30.5 Å². The smallest absolute Gasteiger partial charge is 0.372 e. The maximum absolute atomic E-state index is 10.9. The highest BCUT2D eigenvalue weighted by atomic mass is 16.5. The third-order valence-electron chi connectivity index (χ3n) is 2.93. The standard InChI is InChI=1S/C14H16N2O3/c1-19-12-6-4-11(5-7-12)3-2-9-16-10-8-15-13(16)14(17)18/h4-8,10H,2-3,9H2,1H3,(H,17,18). The number of ether oxygens (including phenoxy) is 1. The summed E-state index contributed by atoms with van der Waals surface area (Å²) in [7, 11) is 1.64. The van der Waals surface area contributed by atoms with Gasteiger partial charge in [0, 0.05) is 18.9 Å². The van der Waals surface area contributed by atoms with Crippen molar-refractivity contribution in [1.82, 2.24) is 9.55 Å². The third kappa shape index (κ3) is 3.34. The van der Waals surface area contributed by atoms with Gasteiger partial charge in [0.1, 0.15) is 5.75 Å². The molecule has 100 valence electrons. The predicted octanol–water partition coefficient (Wildman–Crippen LogP) is 2.22. The van der Waals surface area contributed by atoms with Gasteiger partial charge in [0.15, 0.2) is 0 Å². The highest BCUT2D eigenvalue weighted by Gasteiger charge is 2.09. The van der Waals surface area contributed by atoms with Gasteiger partial charge < -0.3 is 14.4 Å². The van der Waals surface area contributed by atoms with Crippen LogP contribution in [0.15, 0.2) is 36.7 Å². The second-order valence-corrected chi connectivity index (χ2v) is 4.20. The summed E-state index contributed by atoms with van der Waals surface area (Å²) in [4.78, 5) is 14.7. The number of imidazole rings is 1. The van der Waals surface area contributed by atoms with Crippen LogP contribution in [0, 0.1) is 0 Å². The number of carbonyl (C=O) groups is 1. The lowest BCUT2D eigenvalue weighted by Crippen LogP contribution is -2.09. The van der Waals surface area contributed by atoms with Gasteiger partial charge in [-0.3, -0.25) is 0 Å². The van der Waals surface area contributed by atoms with Gasteiger partial charge in [0.05, 0.1) is 7.11 Å². The molecule has 0 saturated heterocycles. The van der Waals surface area contributed by atoms with Crippen LogP contribution < -0.4 is 4.74 Å². The Labute approximate surface area is 111 Å². The summed E-state index contributed by atoms with van der Waals surface area (Å²) in [5.74, 6) is -0.0595. The van der Waals surface area contributed by atoms with Crippen molar-refractivity contribution in [3.8, 4) is 5.75 Å². The monoisotopic (exact) mass is 260 g/mol. The van der Waals surface area contributed by atoms with E-state index < -0.39 is 5.97 Å². The topological polar surface area (TPSA) is 64.4 Å². The van der Waals surface area contributed by atoms with Crippen LogP contribution in [0.1, 0.15) is 22.6 Å². The first kappa shape index (κ1) is 13.1. The lowest BCUT2D eigenvalue weighted by molar-refractivity contribution is 0.0678. The van der Waals surface area contributed by atoms with E-state index in [-0.39, 0.29) is 5.82 Å². The van der Waals surface area contributed by atoms with E-state index in [9.17, 15) is 4.79 Å². The fourth-order valence-electron chi connectivity index (χ4n) is 1.93. The van der Waals surface area contributed by atoms with Crippen LogP contribution in [-0.2, 0) is 13.0 Å². The molecule has 0 amide bonds. The van der Waals surface area contributed by atoms with Crippen LogP contribution in [0.5, 0.6) is 5.75 Å². The first-order valence-electron chi connectivity index (χ1n) is 6.08. The average Bonchev–Trinajstić information content (AvgIpc) is 2.88. The molecule has 0 atom stereocenters. The van der Waals surface area contributed by atoms with Gasteiger partial charge in [-0.2, -0.15) is 0 Å². The predicted molar refractivity (Wildman–Crippen MR) is 70.5 cm³/mol. The summed E-state index contributed by atoms with van der Waals surface area (Å²) < 4.78 is 6.76. The molecule has 0 spiro atoms. The minimum Gasteiger partial charge on any atom is -0.497 e. The molecule has 19 heavy (non-hydrogen) atoms. The number of hydrogen-bond acceptors (Lipinski definition) is 3. The number of carboxylic acids is 1. The molecule has 1 N–H and O–H groups in total. The minimum absolute atomic E-state index is 0.0923. The minimum atomic E-state index is -0.991. The molecule has 0 unspecified atom stereocenters. The molecule has 5 nitrogen and oxygen atoms in total. The van der Waals surface area contributed by atoms with Gasteiger partial charge in [0.25, 0.3) is 0 Å². The van der Waals surface area contributed by atoms with E-state index in [4.69, 9.17) is 9.84 Å². The van der Waals surface area contributed by atoms with Crippen molar-refractivity contribution in [3.05, 3.63) is 48.0 Å². The number of aromatic nitrogens is 2. The maximum atomic E-state index is 10.9. The summed E-state index contributed by atoms with van der Waals surface area (Å²) in [5.41, 5.74) is 1.21. The number of aryl methyl sites for hydroxylation is 2. The summed E-state index contributed by atoms with van der Waals surface area (Å²) in [5, 5.41) is 8.93. The fourth-order valence-corrected chi connectivity index (χ4v) is 1.93. The molecule has 0 radical (unpaired) electrons. The number of carboxylic acid groups (broad SMARTS) is 1. The van der Waals surface area contributed by atoms with E-state index in [1.807, 2.05) is 24.3 Å². The van der Waals surface area contributed by atoms with Crippen molar-refractivity contribution in [2.75, 3.05) is 7.11 Å². The Morgan fingerprint density at radius 3 is 2.74 bits per heavy atom. The van der Waals surface area contributed by atoms with Crippen molar-refractivity contribution in [1.29, 1.82) is 0 Å². The number of aromatic carboxylic acids is 1. The largest absolute Gasteiger partial charge is 0.497 e. The fraction of sp³-hybridized carbons (Fsp3) is 0.286. The second-order valence-electron chi connectivity index (χ2n) is 4.20. The van der Waals surface area contributed by atoms with E-state index in [0.29, 0.717) is 6.54 Å². The van der Waals surface area contributed by atoms with Gasteiger partial charge >= 0.3 is 5.97 Å². The van der Waals surface area contributed by atoms with E-state index in [1.165, 1.54) is 11.8 Å². The van der Waals surface area contributed by atoms with E-state index in [0.717, 1.165) is 18.6 Å². The molecule has 1 aromatic carbocycles. The highest BCUT2D eigenvalue weighted by molar-refractivity contribution is 5.83. The quantitative estimate of drug-likeness (QED) is 0.865. The SMILES string of the molecule is COc1ccc(CCCn2ccnc2C(=O)O)cc1. The molecule has 5 heteroatoms. The normalized spacial score (nSPS) is 10.4. The Morgan fingerprint density at radius 1 is 1.37 bits per heavy atom. The molecule has 0 aliphatic heterocycles. The van der Waals surface area contributed by atoms with Crippen molar-refractivity contribution in [2.45, 2.75) is 19.4 Å². The van der Waals surface area contributed by atoms with Crippen LogP contribution in [0.4, 0.5) is 0 Å². The van der Waals surface area contributed by atoms with Crippen LogP contribution in [0.2, 0.25) is 0 Å². The lowest BCUT2D eigenvalue weighted by Gasteiger charge is -2.06. The van der Waals surface area contributed by atoms with E-state index in [1.54, 1.807) is 17.9 Å². The van der Waals surface area contributed by atoms with Gasteiger partial charge in [-0.25, -0.2) is 9.78 Å². The molecular formula is C14H16N2O3. The van der Waals surface area contributed by atoms with Crippen LogP contribution in [0.3, 0.4) is 0 Å². The molecule has 1 aromatic heterocycles. The van der Waals surface area contributed by atoms with Gasteiger partial charge in [-0.15, -0.1) is 0 Å². The van der Waals surface area contributed by atoms with Crippen LogP contribution in [-0.4, -0.2) is 27.7 Å². The average molecular weight is 260 g/mol. The zero-order valence-electron chi connectivity index (χ0n) is 10.7. The molecule has 0 saturated carbocycles. The number of rotatable bonds is 6. The molecule has 0 aliphatic carbocycles. The van der Waals surface area contributed by atoms with Crippen LogP contribution >= 0.6 is 0 Å². The molecule has 0 fully saturated rings. The molecule has 2 rings (SSSR count). The number of nitrogens with zero attached hydrogens (tertiary/aromatic N) is 2. The summed E-state index contributed by atoms with van der Waals surface area (Å²) in [6.07, 6.45) is 4.96. The second kappa shape index (κ2) is 6.04. The Hall–Kier alpha value is -2.30. The highest BCUT2D eigenvalue weighted by Crippen LogP contribution is 2.13. The lowest BCUT2D eigenvalue weighted by atomic mass is 10.1. The summed E-state index contributed by atoms with van der Waals surface area (Å²) in [6.45, 7) is 0.646. The van der Waals surface area contributed by atoms with Crippen molar-refractivity contribution < 1.29 is 14.6 Å². The van der Waals surface area contributed by atoms with Crippen molar-refractivity contribution in [2.24, 2.45) is 0 Å². The van der Waals surface area contributed by atoms with Crippen LogP contribution in [0.25, 0.3) is 0 Å². The molecular weight excluding hydrogens is 244 g/mol. The Bertz CT molecular complexity index is 546. The number of benzene rings is 1. The summed E-state index contributed by atoms with van der Waals surface area (Å²) in [6, 6.07) is 7.89. The Balaban J connectivity index is 1.89. The van der Waals surface area contributed by atoms with Gasteiger partial charge in [-0.1, -0.05) is 12.1 Å². The van der Waals surface area contributed by atoms with E-state index >= 15 is 0 Å². The molecule has 0 aliphatic rings. The Kier molecular flexibility index (Phi) is 4.18. The van der Waals surface area contributed by atoms with Crippen molar-refractivity contribution >= 4 is 5.97 Å². The summed E-state index contributed by atoms with van der Waals surface area (Å²) >= 11 is 0. The molecule has 1 heterocycles. The van der Waals surface area contributed by atoms with Crippen molar-refractivity contribution in [3.63, 3.8) is 0 Å². The van der Waals surface area contributed by atoms with E-state index in [2.05, 4.69) is 4.98 Å². The number of methoxy groups -OCH3 is 1. The first-order chi connectivity index (χ1) is 9.20. The Morgan fingerprint density at radius 2 is 2.11 bits per heavy atom. The zero-order valence-corrected chi connectivity index (χ0v) is 10.7. The molecule has 0 bridgehead atoms. The maximum Gasteiger partial charge on any atom is 0.372 e. The zero-order chi connectivity index (χ0) is 13.7. The third-order valence-corrected chi connectivity index (χ3v) is 2.93.